The van der Waals surface area contributed by atoms with Crippen LogP contribution < -0.4 is 15.4 Å². The molecule has 1 heterocycles. The van der Waals surface area contributed by atoms with Crippen LogP contribution in [0.5, 0.6) is 5.75 Å². The first-order valence-corrected chi connectivity index (χ1v) is 7.30. The maximum Gasteiger partial charge on any atom is 0.339 e. The molecule has 1 aliphatic rings. The molecule has 0 saturated carbocycles. The van der Waals surface area contributed by atoms with Gasteiger partial charge in [-0.1, -0.05) is 0 Å². The van der Waals surface area contributed by atoms with Crippen LogP contribution in [0.3, 0.4) is 0 Å². The zero-order chi connectivity index (χ0) is 14.5. The van der Waals surface area contributed by atoms with Gasteiger partial charge in [-0.05, 0) is 12.1 Å². The van der Waals surface area contributed by atoms with Crippen LogP contribution in [0.25, 0.3) is 0 Å². The van der Waals surface area contributed by atoms with Crippen molar-refractivity contribution >= 4 is 29.3 Å². The minimum atomic E-state index is -1.06. The van der Waals surface area contributed by atoms with Gasteiger partial charge in [-0.15, -0.1) is 0 Å². The van der Waals surface area contributed by atoms with Gasteiger partial charge in [0.15, 0.2) is 0 Å². The number of ether oxygens (including phenoxy) is 1. The summed E-state index contributed by atoms with van der Waals surface area (Å²) in [5, 5.41) is 14.9. The number of methoxy groups -OCH3 is 1. The van der Waals surface area contributed by atoms with Gasteiger partial charge >= 0.3 is 5.97 Å². The van der Waals surface area contributed by atoms with Crippen molar-refractivity contribution in [3.8, 4) is 5.75 Å². The average Bonchev–Trinajstić information content (AvgIpc) is 2.47. The lowest BCUT2D eigenvalue weighted by Gasteiger charge is -2.22. The first-order valence-electron chi connectivity index (χ1n) is 6.15. The number of hydrogen-bond acceptors (Lipinski definition) is 5. The van der Waals surface area contributed by atoms with E-state index in [1.165, 1.54) is 19.2 Å². The molecule has 108 valence electrons. The lowest BCUT2D eigenvalue weighted by molar-refractivity contribution is -0.117. The quantitative estimate of drug-likeness (QED) is 0.769. The van der Waals surface area contributed by atoms with Crippen LogP contribution in [0.2, 0.25) is 0 Å². The summed E-state index contributed by atoms with van der Waals surface area (Å²) in [7, 11) is 1.40. The summed E-state index contributed by atoms with van der Waals surface area (Å²) < 4.78 is 5.02. The summed E-state index contributed by atoms with van der Waals surface area (Å²) in [5.74, 6) is 0.773. The fourth-order valence-electron chi connectivity index (χ4n) is 1.91. The van der Waals surface area contributed by atoms with Crippen LogP contribution >= 0.6 is 11.8 Å². The van der Waals surface area contributed by atoms with E-state index in [9.17, 15) is 9.59 Å². The molecule has 1 amide bonds. The molecule has 1 atom stereocenters. The van der Waals surface area contributed by atoms with Crippen molar-refractivity contribution in [1.29, 1.82) is 0 Å². The number of amides is 1. The summed E-state index contributed by atoms with van der Waals surface area (Å²) in [5.41, 5.74) is 0.589. The molecule has 6 nitrogen and oxygen atoms in total. The van der Waals surface area contributed by atoms with Gasteiger partial charge < -0.3 is 20.5 Å². The van der Waals surface area contributed by atoms with Gasteiger partial charge in [0, 0.05) is 29.8 Å². The van der Waals surface area contributed by atoms with Crippen LogP contribution in [0, 0.1) is 0 Å². The molecule has 0 radical (unpaired) electrons. The van der Waals surface area contributed by atoms with E-state index in [0.29, 0.717) is 5.69 Å². The second-order valence-corrected chi connectivity index (χ2v) is 5.44. The second kappa shape index (κ2) is 6.62. The Balaban J connectivity index is 2.09. The van der Waals surface area contributed by atoms with E-state index in [-0.39, 0.29) is 23.3 Å². The lowest BCUT2D eigenvalue weighted by atomic mass is 10.1. The van der Waals surface area contributed by atoms with Crippen LogP contribution in [-0.2, 0) is 4.79 Å². The van der Waals surface area contributed by atoms with E-state index < -0.39 is 5.97 Å². The number of rotatable bonds is 4. The van der Waals surface area contributed by atoms with E-state index in [1.807, 2.05) is 0 Å². The summed E-state index contributed by atoms with van der Waals surface area (Å²) in [4.78, 5) is 23.0. The molecule has 0 aromatic heterocycles. The number of carboxylic acid groups (broad SMARTS) is 1. The highest BCUT2D eigenvalue weighted by Gasteiger charge is 2.21. The highest BCUT2D eigenvalue weighted by atomic mass is 32.2. The van der Waals surface area contributed by atoms with Gasteiger partial charge in [-0.25, -0.2) is 4.79 Å². The molecule has 1 unspecified atom stereocenters. The predicted molar refractivity (Wildman–Crippen MR) is 77.7 cm³/mol. The number of carbonyl (C=O) groups is 2. The van der Waals surface area contributed by atoms with Crippen molar-refractivity contribution in [3.05, 3.63) is 23.8 Å². The lowest BCUT2D eigenvalue weighted by Crippen LogP contribution is -2.46. The number of carboxylic acids is 1. The maximum atomic E-state index is 12.0. The third-order valence-electron chi connectivity index (χ3n) is 2.94. The Bertz CT molecular complexity index is 515. The summed E-state index contributed by atoms with van der Waals surface area (Å²) in [6.45, 7) is 0.810. The number of aromatic carboxylic acids is 1. The first kappa shape index (κ1) is 14.7. The SMILES string of the molecule is COc1cc(NC(=O)C2CSCCN2)ccc1C(=O)O. The van der Waals surface area contributed by atoms with E-state index in [0.717, 1.165) is 18.1 Å². The molecule has 7 heteroatoms. The van der Waals surface area contributed by atoms with Gasteiger partial charge in [0.2, 0.25) is 5.91 Å². The van der Waals surface area contributed by atoms with Crippen molar-refractivity contribution in [2.45, 2.75) is 6.04 Å². The Labute approximate surface area is 120 Å². The number of nitrogens with one attached hydrogen (secondary N) is 2. The van der Waals surface area contributed by atoms with Crippen molar-refractivity contribution < 1.29 is 19.4 Å². The van der Waals surface area contributed by atoms with E-state index >= 15 is 0 Å². The Morgan fingerprint density at radius 3 is 2.90 bits per heavy atom. The zero-order valence-corrected chi connectivity index (χ0v) is 11.8. The molecule has 1 aromatic carbocycles. The molecule has 0 spiro atoms. The molecular weight excluding hydrogens is 280 g/mol. The molecule has 20 heavy (non-hydrogen) atoms. The Hall–Kier alpha value is -1.73. The van der Waals surface area contributed by atoms with Crippen molar-refractivity contribution in [2.24, 2.45) is 0 Å². The van der Waals surface area contributed by atoms with E-state index in [1.54, 1.807) is 17.8 Å². The van der Waals surface area contributed by atoms with Crippen LogP contribution in [0.4, 0.5) is 5.69 Å². The smallest absolute Gasteiger partial charge is 0.339 e. The van der Waals surface area contributed by atoms with Crippen LogP contribution in [0.15, 0.2) is 18.2 Å². The van der Waals surface area contributed by atoms with Gasteiger partial charge in [-0.2, -0.15) is 11.8 Å². The molecule has 1 aromatic rings. The normalized spacial score (nSPS) is 18.4. The fourth-order valence-corrected chi connectivity index (χ4v) is 2.84. The Morgan fingerprint density at radius 1 is 1.50 bits per heavy atom. The number of anilines is 1. The van der Waals surface area contributed by atoms with Crippen molar-refractivity contribution in [1.82, 2.24) is 5.32 Å². The number of hydrogen-bond donors (Lipinski definition) is 3. The van der Waals surface area contributed by atoms with Gasteiger partial charge in [-0.3, -0.25) is 4.79 Å². The summed E-state index contributed by atoms with van der Waals surface area (Å²) in [6.07, 6.45) is 0. The average molecular weight is 296 g/mol. The number of thioether (sulfide) groups is 1. The minimum Gasteiger partial charge on any atom is -0.496 e. The van der Waals surface area contributed by atoms with Gasteiger partial charge in [0.05, 0.1) is 13.2 Å². The second-order valence-electron chi connectivity index (χ2n) is 4.29. The standard InChI is InChI=1S/C13H16N2O4S/c1-19-11-6-8(2-3-9(11)13(17)18)15-12(16)10-7-20-5-4-14-10/h2-3,6,10,14H,4-5,7H2,1H3,(H,15,16)(H,17,18). The third-order valence-corrected chi connectivity index (χ3v) is 4.00. The van der Waals surface area contributed by atoms with Gasteiger partial charge in [0.25, 0.3) is 0 Å². The molecule has 1 fully saturated rings. The molecule has 2 rings (SSSR count). The summed E-state index contributed by atoms with van der Waals surface area (Å²) >= 11 is 1.73. The molecule has 1 saturated heterocycles. The molecule has 1 aliphatic heterocycles. The van der Waals surface area contributed by atoms with Crippen molar-refractivity contribution in [2.75, 3.05) is 30.5 Å². The molecule has 3 N–H and O–H groups in total. The monoisotopic (exact) mass is 296 g/mol. The Kier molecular flexibility index (Phi) is 4.86. The van der Waals surface area contributed by atoms with Crippen molar-refractivity contribution in [3.63, 3.8) is 0 Å². The van der Waals surface area contributed by atoms with Crippen LogP contribution in [0.1, 0.15) is 10.4 Å². The van der Waals surface area contributed by atoms with Gasteiger partial charge in [0.1, 0.15) is 11.3 Å². The fraction of sp³-hybridized carbons (Fsp3) is 0.385. The van der Waals surface area contributed by atoms with E-state index in [2.05, 4.69) is 10.6 Å². The molecule has 0 bridgehead atoms. The highest BCUT2D eigenvalue weighted by molar-refractivity contribution is 7.99. The maximum absolute atomic E-state index is 12.0. The largest absolute Gasteiger partial charge is 0.496 e. The number of benzene rings is 1. The first-order chi connectivity index (χ1) is 9.61. The van der Waals surface area contributed by atoms with Crippen LogP contribution in [-0.4, -0.2) is 48.2 Å². The molecular formula is C13H16N2O4S. The Morgan fingerprint density at radius 2 is 2.30 bits per heavy atom. The predicted octanol–water partition coefficient (Wildman–Crippen LogP) is 1.04. The molecule has 0 aliphatic carbocycles. The third kappa shape index (κ3) is 3.43. The highest BCUT2D eigenvalue weighted by Crippen LogP contribution is 2.23. The van der Waals surface area contributed by atoms with E-state index in [4.69, 9.17) is 9.84 Å². The topological polar surface area (TPSA) is 87.7 Å². The number of carbonyl (C=O) groups excluding carboxylic acids is 1. The summed E-state index contributed by atoms with van der Waals surface area (Å²) in [6, 6.07) is 4.26. The zero-order valence-electron chi connectivity index (χ0n) is 11.0. The minimum absolute atomic E-state index is 0.0665.